The molecule has 3 aromatic rings. The summed E-state index contributed by atoms with van der Waals surface area (Å²) in [5.41, 5.74) is 2.71. The first kappa shape index (κ1) is 24.7. The highest BCUT2D eigenvalue weighted by molar-refractivity contribution is 6.53. The van der Waals surface area contributed by atoms with Crippen molar-refractivity contribution in [1.29, 1.82) is 0 Å². The minimum Gasteiger partial charge on any atom is -0.349 e. The van der Waals surface area contributed by atoms with Crippen LogP contribution in [0.1, 0.15) is 21.5 Å². The van der Waals surface area contributed by atoms with Gasteiger partial charge in [0.05, 0.1) is 10.7 Å². The van der Waals surface area contributed by atoms with E-state index in [2.05, 4.69) is 10.6 Å². The van der Waals surface area contributed by atoms with E-state index in [1.54, 1.807) is 43.3 Å². The van der Waals surface area contributed by atoms with Gasteiger partial charge in [-0.15, -0.1) is 0 Å². The lowest BCUT2D eigenvalue weighted by Gasteiger charge is -2.16. The molecular formula is C25H17Cl3FN3O3. The van der Waals surface area contributed by atoms with E-state index in [0.29, 0.717) is 27.5 Å². The van der Waals surface area contributed by atoms with E-state index in [0.717, 1.165) is 22.6 Å². The fourth-order valence-electron chi connectivity index (χ4n) is 3.46. The number of halogens is 4. The van der Waals surface area contributed by atoms with E-state index < -0.39 is 17.6 Å². The summed E-state index contributed by atoms with van der Waals surface area (Å²) >= 11 is 18.0. The van der Waals surface area contributed by atoms with Gasteiger partial charge in [0.15, 0.2) is 0 Å². The topological polar surface area (TPSA) is 78.5 Å². The van der Waals surface area contributed by atoms with Crippen molar-refractivity contribution >= 4 is 69.6 Å². The second-order valence-electron chi connectivity index (χ2n) is 7.80. The Bertz CT molecular complexity index is 1440. The van der Waals surface area contributed by atoms with Gasteiger partial charge in [0.25, 0.3) is 17.7 Å². The lowest BCUT2D eigenvalue weighted by atomic mass is 10.1. The van der Waals surface area contributed by atoms with Gasteiger partial charge in [-0.1, -0.05) is 40.9 Å². The maximum Gasteiger partial charge on any atom is 0.283 e. The Hall–Kier alpha value is -3.39. The molecule has 0 saturated carbocycles. The maximum absolute atomic E-state index is 13.5. The SMILES string of the molecule is Cc1cc(Cl)ccc1NC(=O)c1ccc(C)c(NC2=C(Cl)C(=O)N(c3ccc(F)c(Cl)c3)C2=O)c1. The van der Waals surface area contributed by atoms with Crippen molar-refractivity contribution in [2.45, 2.75) is 13.8 Å². The molecule has 0 radical (unpaired) electrons. The summed E-state index contributed by atoms with van der Waals surface area (Å²) in [6.07, 6.45) is 0. The molecule has 3 amide bonds. The number of hydrogen-bond donors (Lipinski definition) is 2. The number of carbonyl (C=O) groups is 3. The number of benzene rings is 3. The van der Waals surface area contributed by atoms with E-state index in [9.17, 15) is 18.8 Å². The Morgan fingerprint density at radius 3 is 2.29 bits per heavy atom. The number of nitrogens with zero attached hydrogens (tertiary/aromatic N) is 1. The molecule has 1 aliphatic rings. The third-order valence-corrected chi connectivity index (χ3v) is 6.26. The number of carbonyl (C=O) groups excluding carboxylic acids is 3. The highest BCUT2D eigenvalue weighted by Crippen LogP contribution is 2.33. The van der Waals surface area contributed by atoms with Gasteiger partial charge in [0, 0.05) is 22.0 Å². The van der Waals surface area contributed by atoms with Crippen LogP contribution in [0.4, 0.5) is 21.5 Å². The largest absolute Gasteiger partial charge is 0.349 e. The van der Waals surface area contributed by atoms with Gasteiger partial charge in [-0.3, -0.25) is 14.4 Å². The molecule has 3 aromatic carbocycles. The first-order valence-electron chi connectivity index (χ1n) is 10.3. The molecular weight excluding hydrogens is 516 g/mol. The molecule has 10 heteroatoms. The second kappa shape index (κ2) is 9.70. The summed E-state index contributed by atoms with van der Waals surface area (Å²) in [5, 5.41) is 5.66. The van der Waals surface area contributed by atoms with Crippen molar-refractivity contribution in [3.05, 3.63) is 97.9 Å². The summed E-state index contributed by atoms with van der Waals surface area (Å²) in [7, 11) is 0. The minimum atomic E-state index is -0.786. The summed E-state index contributed by atoms with van der Waals surface area (Å²) in [5.74, 6) is -2.60. The molecule has 0 bridgehead atoms. The van der Waals surface area contributed by atoms with Gasteiger partial charge in [-0.25, -0.2) is 9.29 Å². The Labute approximate surface area is 215 Å². The molecule has 0 aliphatic carbocycles. The summed E-state index contributed by atoms with van der Waals surface area (Å²) < 4.78 is 13.5. The van der Waals surface area contributed by atoms with Crippen LogP contribution in [0.3, 0.4) is 0 Å². The predicted octanol–water partition coefficient (Wildman–Crippen LogP) is 6.44. The van der Waals surface area contributed by atoms with Gasteiger partial charge in [0.2, 0.25) is 0 Å². The van der Waals surface area contributed by atoms with Crippen LogP contribution in [0.25, 0.3) is 0 Å². The van der Waals surface area contributed by atoms with Crippen molar-refractivity contribution in [3.8, 4) is 0 Å². The van der Waals surface area contributed by atoms with Crippen molar-refractivity contribution in [1.82, 2.24) is 0 Å². The molecule has 0 saturated heterocycles. The molecule has 0 spiro atoms. The number of aryl methyl sites for hydroxylation is 2. The van der Waals surface area contributed by atoms with Gasteiger partial charge < -0.3 is 10.6 Å². The number of amides is 3. The van der Waals surface area contributed by atoms with Crippen LogP contribution in [-0.4, -0.2) is 17.7 Å². The monoisotopic (exact) mass is 531 g/mol. The van der Waals surface area contributed by atoms with E-state index in [4.69, 9.17) is 34.8 Å². The highest BCUT2D eigenvalue weighted by Gasteiger charge is 2.39. The van der Waals surface area contributed by atoms with E-state index >= 15 is 0 Å². The minimum absolute atomic E-state index is 0.0736. The van der Waals surface area contributed by atoms with Crippen molar-refractivity contribution in [3.63, 3.8) is 0 Å². The molecule has 6 nitrogen and oxygen atoms in total. The summed E-state index contributed by atoms with van der Waals surface area (Å²) in [6, 6.07) is 13.4. The third kappa shape index (κ3) is 4.89. The van der Waals surface area contributed by atoms with E-state index in [-0.39, 0.29) is 27.3 Å². The summed E-state index contributed by atoms with van der Waals surface area (Å²) in [6.45, 7) is 3.58. The van der Waals surface area contributed by atoms with Gasteiger partial charge in [-0.2, -0.15) is 0 Å². The molecule has 0 atom stereocenters. The molecule has 1 heterocycles. The van der Waals surface area contributed by atoms with Crippen molar-refractivity contribution in [2.75, 3.05) is 15.5 Å². The number of nitrogens with one attached hydrogen (secondary N) is 2. The quantitative estimate of drug-likeness (QED) is 0.371. The lowest BCUT2D eigenvalue weighted by Crippen LogP contribution is -2.32. The van der Waals surface area contributed by atoms with Crippen molar-refractivity contribution < 1.29 is 18.8 Å². The van der Waals surface area contributed by atoms with Gasteiger partial charge in [0.1, 0.15) is 16.5 Å². The Kier molecular flexibility index (Phi) is 6.85. The van der Waals surface area contributed by atoms with Crippen LogP contribution in [0.5, 0.6) is 0 Å². The predicted molar refractivity (Wildman–Crippen MR) is 136 cm³/mol. The molecule has 2 N–H and O–H groups in total. The van der Waals surface area contributed by atoms with Crippen LogP contribution >= 0.6 is 34.8 Å². The van der Waals surface area contributed by atoms with E-state index in [1.807, 2.05) is 6.92 Å². The first-order chi connectivity index (χ1) is 16.6. The third-order valence-electron chi connectivity index (χ3n) is 5.38. The summed E-state index contributed by atoms with van der Waals surface area (Å²) in [4.78, 5) is 39.4. The average Bonchev–Trinajstić information content (AvgIpc) is 3.02. The maximum atomic E-state index is 13.5. The van der Waals surface area contributed by atoms with Gasteiger partial charge in [-0.05, 0) is 73.5 Å². The molecule has 4 rings (SSSR count). The zero-order valence-electron chi connectivity index (χ0n) is 18.4. The zero-order valence-corrected chi connectivity index (χ0v) is 20.6. The number of rotatable bonds is 5. The molecule has 35 heavy (non-hydrogen) atoms. The van der Waals surface area contributed by atoms with Crippen LogP contribution in [0, 0.1) is 19.7 Å². The molecule has 0 unspecified atom stereocenters. The number of imide groups is 1. The molecule has 0 aromatic heterocycles. The first-order valence-corrected chi connectivity index (χ1v) is 11.4. The van der Waals surface area contributed by atoms with Gasteiger partial charge >= 0.3 is 0 Å². The smallest absolute Gasteiger partial charge is 0.283 e. The Morgan fingerprint density at radius 2 is 1.60 bits per heavy atom. The fraction of sp³-hybridized carbons (Fsp3) is 0.0800. The number of anilines is 3. The molecule has 0 fully saturated rings. The Morgan fingerprint density at radius 1 is 0.857 bits per heavy atom. The number of hydrogen-bond acceptors (Lipinski definition) is 4. The second-order valence-corrected chi connectivity index (χ2v) is 9.02. The van der Waals surface area contributed by atoms with E-state index in [1.165, 1.54) is 6.07 Å². The average molecular weight is 533 g/mol. The van der Waals surface area contributed by atoms with Crippen LogP contribution in [-0.2, 0) is 9.59 Å². The zero-order chi connectivity index (χ0) is 25.4. The molecule has 1 aliphatic heterocycles. The van der Waals surface area contributed by atoms with Crippen LogP contribution in [0.2, 0.25) is 10.0 Å². The van der Waals surface area contributed by atoms with Crippen LogP contribution < -0.4 is 15.5 Å². The standard InChI is InChI=1S/C25H17Cl3FN3O3/c1-12-3-4-14(23(33)31-19-8-5-15(26)9-13(19)2)10-20(12)30-22-21(28)24(34)32(25(22)35)16-6-7-18(29)17(27)11-16/h3-11,30H,1-2H3,(H,31,33). The highest BCUT2D eigenvalue weighted by atomic mass is 35.5. The fourth-order valence-corrected chi connectivity index (χ4v) is 4.08. The molecule has 178 valence electrons. The van der Waals surface area contributed by atoms with Crippen LogP contribution in [0.15, 0.2) is 65.3 Å². The van der Waals surface area contributed by atoms with Crippen molar-refractivity contribution in [2.24, 2.45) is 0 Å². The normalized spacial score (nSPS) is 13.5. The lowest BCUT2D eigenvalue weighted by molar-refractivity contribution is -0.120. The Balaban J connectivity index is 1.59.